The summed E-state index contributed by atoms with van der Waals surface area (Å²) in [6, 6.07) is 13.2. The number of aryl methyl sites for hydroxylation is 1. The van der Waals surface area contributed by atoms with Gasteiger partial charge in [-0.3, -0.25) is 9.59 Å². The van der Waals surface area contributed by atoms with Crippen molar-refractivity contribution in [3.05, 3.63) is 83.4 Å². The van der Waals surface area contributed by atoms with Gasteiger partial charge in [0, 0.05) is 30.6 Å². The van der Waals surface area contributed by atoms with Gasteiger partial charge in [-0.2, -0.15) is 0 Å². The van der Waals surface area contributed by atoms with E-state index in [1.54, 1.807) is 25.4 Å². The Labute approximate surface area is 156 Å². The third-order valence-corrected chi connectivity index (χ3v) is 4.27. The van der Waals surface area contributed by atoms with Crippen molar-refractivity contribution < 1.29 is 14.3 Å². The number of nitrogens with two attached hydrogens (primary N) is 1. The summed E-state index contributed by atoms with van der Waals surface area (Å²) in [6.07, 6.45) is 3.50. The number of aromatic nitrogens is 2. The molecular formula is C20H20N4O3. The SMILES string of the molecule is COc1ccc(C(NC(=O)c2ccc(C(N)=O)cc2)c2nccn2C)cc1. The van der Waals surface area contributed by atoms with Crippen LogP contribution in [0.3, 0.4) is 0 Å². The van der Waals surface area contributed by atoms with Crippen molar-refractivity contribution in [1.29, 1.82) is 0 Å². The molecule has 0 aliphatic rings. The molecule has 1 atom stereocenters. The van der Waals surface area contributed by atoms with Gasteiger partial charge in [-0.15, -0.1) is 0 Å². The fourth-order valence-corrected chi connectivity index (χ4v) is 2.75. The third kappa shape index (κ3) is 3.98. The molecule has 3 N–H and O–H groups in total. The molecule has 3 rings (SSSR count). The van der Waals surface area contributed by atoms with Crippen LogP contribution in [0.25, 0.3) is 0 Å². The van der Waals surface area contributed by atoms with E-state index in [4.69, 9.17) is 10.5 Å². The smallest absolute Gasteiger partial charge is 0.252 e. The molecule has 0 radical (unpaired) electrons. The molecule has 27 heavy (non-hydrogen) atoms. The second-order valence-electron chi connectivity index (χ2n) is 6.02. The zero-order valence-electron chi connectivity index (χ0n) is 15.0. The molecule has 0 saturated heterocycles. The van der Waals surface area contributed by atoms with Crippen LogP contribution in [0, 0.1) is 0 Å². The van der Waals surface area contributed by atoms with Crippen molar-refractivity contribution >= 4 is 11.8 Å². The Morgan fingerprint density at radius 1 is 1.07 bits per heavy atom. The molecule has 0 saturated carbocycles. The number of methoxy groups -OCH3 is 1. The number of primary amides is 1. The highest BCUT2D eigenvalue weighted by molar-refractivity contribution is 5.97. The number of hydrogen-bond acceptors (Lipinski definition) is 4. The van der Waals surface area contributed by atoms with Gasteiger partial charge in [0.1, 0.15) is 17.6 Å². The summed E-state index contributed by atoms with van der Waals surface area (Å²) in [7, 11) is 3.47. The molecule has 7 heteroatoms. The molecule has 1 aromatic heterocycles. The van der Waals surface area contributed by atoms with E-state index in [1.165, 1.54) is 12.1 Å². The Kier molecular flexibility index (Phi) is 5.21. The monoisotopic (exact) mass is 364 g/mol. The molecule has 0 spiro atoms. The highest BCUT2D eigenvalue weighted by Crippen LogP contribution is 2.23. The first-order valence-corrected chi connectivity index (χ1v) is 8.31. The van der Waals surface area contributed by atoms with Crippen LogP contribution in [-0.4, -0.2) is 28.5 Å². The molecule has 1 unspecified atom stereocenters. The van der Waals surface area contributed by atoms with Gasteiger partial charge < -0.3 is 20.4 Å². The van der Waals surface area contributed by atoms with Crippen molar-refractivity contribution in [3.8, 4) is 5.75 Å². The minimum Gasteiger partial charge on any atom is -0.497 e. The first-order valence-electron chi connectivity index (χ1n) is 8.31. The number of carbonyl (C=O) groups is 2. The number of rotatable bonds is 6. The number of carbonyl (C=O) groups excluding carboxylic acids is 2. The normalized spacial score (nSPS) is 11.6. The van der Waals surface area contributed by atoms with E-state index >= 15 is 0 Å². The molecular weight excluding hydrogens is 344 g/mol. The van der Waals surface area contributed by atoms with Crippen LogP contribution in [-0.2, 0) is 7.05 Å². The average molecular weight is 364 g/mol. The maximum absolute atomic E-state index is 12.8. The predicted molar refractivity (Wildman–Crippen MR) is 100 cm³/mol. The summed E-state index contributed by atoms with van der Waals surface area (Å²) in [4.78, 5) is 28.3. The summed E-state index contributed by atoms with van der Waals surface area (Å²) in [5.74, 6) is 0.605. The molecule has 2 amide bonds. The molecule has 0 bridgehead atoms. The van der Waals surface area contributed by atoms with Crippen LogP contribution in [0.1, 0.15) is 38.1 Å². The third-order valence-electron chi connectivity index (χ3n) is 4.27. The summed E-state index contributed by atoms with van der Waals surface area (Å²) >= 11 is 0. The van der Waals surface area contributed by atoms with Gasteiger partial charge in [0.05, 0.1) is 7.11 Å². The van der Waals surface area contributed by atoms with Crippen LogP contribution < -0.4 is 15.8 Å². The standard InChI is InChI=1S/C20H20N4O3/c1-24-12-11-22-19(24)17(13-7-9-16(27-2)10-8-13)23-20(26)15-5-3-14(4-6-15)18(21)25/h3-12,17H,1-2H3,(H2,21,25)(H,23,26). The summed E-state index contributed by atoms with van der Waals surface area (Å²) in [5, 5.41) is 3.00. The fourth-order valence-electron chi connectivity index (χ4n) is 2.75. The predicted octanol–water partition coefficient (Wildman–Crippen LogP) is 2.05. The van der Waals surface area contributed by atoms with E-state index in [0.717, 1.165) is 11.3 Å². The Hall–Kier alpha value is -3.61. The quantitative estimate of drug-likeness (QED) is 0.699. The minimum atomic E-state index is -0.536. The minimum absolute atomic E-state index is 0.283. The van der Waals surface area contributed by atoms with E-state index in [0.29, 0.717) is 17.0 Å². The van der Waals surface area contributed by atoms with E-state index in [1.807, 2.05) is 42.1 Å². The zero-order valence-corrected chi connectivity index (χ0v) is 15.0. The van der Waals surface area contributed by atoms with Crippen LogP contribution in [0.4, 0.5) is 0 Å². The maximum Gasteiger partial charge on any atom is 0.252 e. The van der Waals surface area contributed by atoms with Crippen LogP contribution in [0.15, 0.2) is 60.9 Å². The first kappa shape index (κ1) is 18.2. The lowest BCUT2D eigenvalue weighted by Crippen LogP contribution is -2.31. The zero-order chi connectivity index (χ0) is 19.4. The van der Waals surface area contributed by atoms with Gasteiger partial charge in [0.25, 0.3) is 5.91 Å². The Balaban J connectivity index is 1.90. The number of hydrogen-bond donors (Lipinski definition) is 2. The lowest BCUT2D eigenvalue weighted by atomic mass is 10.0. The number of ether oxygens (including phenoxy) is 1. The van der Waals surface area contributed by atoms with Crippen molar-refractivity contribution in [2.45, 2.75) is 6.04 Å². The lowest BCUT2D eigenvalue weighted by Gasteiger charge is -2.19. The molecule has 3 aromatic rings. The van der Waals surface area contributed by atoms with Crippen molar-refractivity contribution in [1.82, 2.24) is 14.9 Å². The highest BCUT2D eigenvalue weighted by atomic mass is 16.5. The van der Waals surface area contributed by atoms with Gasteiger partial charge in [-0.05, 0) is 42.0 Å². The van der Waals surface area contributed by atoms with E-state index < -0.39 is 11.9 Å². The molecule has 0 aliphatic heterocycles. The fraction of sp³-hybridized carbons (Fsp3) is 0.150. The number of imidazole rings is 1. The van der Waals surface area contributed by atoms with Crippen LogP contribution in [0.2, 0.25) is 0 Å². The molecule has 138 valence electrons. The van der Waals surface area contributed by atoms with Crippen molar-refractivity contribution in [2.75, 3.05) is 7.11 Å². The van der Waals surface area contributed by atoms with Gasteiger partial charge in [0.2, 0.25) is 5.91 Å². The Morgan fingerprint density at radius 3 is 2.22 bits per heavy atom. The number of nitrogens with one attached hydrogen (secondary N) is 1. The van der Waals surface area contributed by atoms with Crippen molar-refractivity contribution in [2.24, 2.45) is 12.8 Å². The number of nitrogens with zero attached hydrogens (tertiary/aromatic N) is 2. The lowest BCUT2D eigenvalue weighted by molar-refractivity contribution is 0.0939. The van der Waals surface area contributed by atoms with E-state index in [9.17, 15) is 9.59 Å². The first-order chi connectivity index (χ1) is 13.0. The molecule has 2 aromatic carbocycles. The van der Waals surface area contributed by atoms with Gasteiger partial charge in [0.15, 0.2) is 0 Å². The van der Waals surface area contributed by atoms with Gasteiger partial charge in [-0.25, -0.2) is 4.98 Å². The summed E-state index contributed by atoms with van der Waals surface area (Å²) < 4.78 is 7.05. The topological polar surface area (TPSA) is 99.2 Å². The molecule has 7 nitrogen and oxygen atoms in total. The maximum atomic E-state index is 12.8. The Bertz CT molecular complexity index is 946. The molecule has 0 fully saturated rings. The average Bonchev–Trinajstić information content (AvgIpc) is 3.11. The van der Waals surface area contributed by atoms with Gasteiger partial charge >= 0.3 is 0 Å². The second-order valence-corrected chi connectivity index (χ2v) is 6.02. The number of benzene rings is 2. The van der Waals surface area contributed by atoms with Crippen LogP contribution >= 0.6 is 0 Å². The number of amides is 2. The van der Waals surface area contributed by atoms with Crippen LogP contribution in [0.5, 0.6) is 5.75 Å². The Morgan fingerprint density at radius 2 is 1.70 bits per heavy atom. The molecule has 1 heterocycles. The van der Waals surface area contributed by atoms with Crippen molar-refractivity contribution in [3.63, 3.8) is 0 Å². The van der Waals surface area contributed by atoms with E-state index in [-0.39, 0.29) is 5.91 Å². The summed E-state index contributed by atoms with van der Waals surface area (Å²) in [5.41, 5.74) is 6.88. The molecule has 0 aliphatic carbocycles. The largest absolute Gasteiger partial charge is 0.497 e. The second kappa shape index (κ2) is 7.74. The van der Waals surface area contributed by atoms with E-state index in [2.05, 4.69) is 10.3 Å². The van der Waals surface area contributed by atoms with Gasteiger partial charge in [-0.1, -0.05) is 12.1 Å². The highest BCUT2D eigenvalue weighted by Gasteiger charge is 2.21. The summed E-state index contributed by atoms with van der Waals surface area (Å²) in [6.45, 7) is 0.